The molecule has 3 rings (SSSR count). The van der Waals surface area contributed by atoms with E-state index in [4.69, 9.17) is 0 Å². The minimum Gasteiger partial charge on any atom is -0.350 e. The third-order valence-corrected chi connectivity index (χ3v) is 5.92. The van der Waals surface area contributed by atoms with Crippen molar-refractivity contribution in [2.75, 3.05) is 6.26 Å². The van der Waals surface area contributed by atoms with Gasteiger partial charge in [-0.2, -0.15) is 0 Å². The van der Waals surface area contributed by atoms with Crippen molar-refractivity contribution in [3.63, 3.8) is 0 Å². The van der Waals surface area contributed by atoms with Crippen molar-refractivity contribution in [1.82, 2.24) is 14.9 Å². The maximum absolute atomic E-state index is 12.3. The van der Waals surface area contributed by atoms with Gasteiger partial charge in [0.15, 0.2) is 9.84 Å². The van der Waals surface area contributed by atoms with Crippen molar-refractivity contribution in [1.29, 1.82) is 0 Å². The molecular weight excluding hydrogens is 426 g/mol. The highest BCUT2D eigenvalue weighted by Crippen LogP contribution is 2.22. The van der Waals surface area contributed by atoms with Crippen LogP contribution in [0.2, 0.25) is 0 Å². The summed E-state index contributed by atoms with van der Waals surface area (Å²) in [6, 6.07) is 11.2. The highest BCUT2D eigenvalue weighted by atomic mass is 79.9. The van der Waals surface area contributed by atoms with Crippen LogP contribution in [0, 0.1) is 0 Å². The van der Waals surface area contributed by atoms with E-state index in [2.05, 4.69) is 26.2 Å². The Kier molecular flexibility index (Phi) is 5.26. The highest BCUT2D eigenvalue weighted by Gasteiger charge is 2.17. The smallest absolute Gasteiger partial charge is 0.240 e. The molecule has 0 spiro atoms. The predicted octanol–water partition coefficient (Wildman–Crippen LogP) is 2.72. The molecule has 1 amide bonds. The van der Waals surface area contributed by atoms with E-state index in [1.807, 2.05) is 30.3 Å². The number of hydrogen-bond donors (Lipinski definition) is 1. The number of aromatic nitrogens is 2. The molecule has 2 heterocycles. The molecule has 0 atom stereocenters. The van der Waals surface area contributed by atoms with Crippen LogP contribution in [0.5, 0.6) is 0 Å². The lowest BCUT2D eigenvalue weighted by atomic mass is 10.3. The van der Waals surface area contributed by atoms with E-state index in [1.54, 1.807) is 22.0 Å². The lowest BCUT2D eigenvalue weighted by Gasteiger charge is -2.09. The molecule has 0 radical (unpaired) electrons. The topological polar surface area (TPSA) is 81.1 Å². The molecule has 0 unspecified atom stereocenters. The Hall–Kier alpha value is -1.71. The molecule has 9 heteroatoms. The zero-order chi connectivity index (χ0) is 18.0. The molecule has 6 nitrogen and oxygen atoms in total. The van der Waals surface area contributed by atoms with Gasteiger partial charge >= 0.3 is 0 Å². The minimum atomic E-state index is -3.25. The molecule has 0 bridgehead atoms. The summed E-state index contributed by atoms with van der Waals surface area (Å²) in [6.45, 7) is 0.459. The summed E-state index contributed by atoms with van der Waals surface area (Å²) in [6.07, 6.45) is 1.16. The Morgan fingerprint density at radius 3 is 2.72 bits per heavy atom. The first-order valence-corrected chi connectivity index (χ1v) is 11.1. The summed E-state index contributed by atoms with van der Waals surface area (Å²) >= 11 is 4.94. The Morgan fingerprint density at radius 1 is 1.28 bits per heavy atom. The van der Waals surface area contributed by atoms with Crippen LogP contribution in [0.1, 0.15) is 10.7 Å². The van der Waals surface area contributed by atoms with E-state index in [-0.39, 0.29) is 18.2 Å². The monoisotopic (exact) mass is 441 g/mol. The number of carbonyl (C=O) groups excluding carboxylic acids is 1. The fourth-order valence-electron chi connectivity index (χ4n) is 2.48. The van der Waals surface area contributed by atoms with Crippen LogP contribution in [0.3, 0.4) is 0 Å². The average molecular weight is 442 g/mol. The van der Waals surface area contributed by atoms with Gasteiger partial charge in [-0.05, 0) is 40.2 Å². The predicted molar refractivity (Wildman–Crippen MR) is 102 cm³/mol. The van der Waals surface area contributed by atoms with Crippen LogP contribution in [-0.4, -0.2) is 30.1 Å². The van der Waals surface area contributed by atoms with Gasteiger partial charge in [-0.25, -0.2) is 13.4 Å². The highest BCUT2D eigenvalue weighted by molar-refractivity contribution is 9.11. The van der Waals surface area contributed by atoms with Crippen molar-refractivity contribution in [2.24, 2.45) is 0 Å². The number of nitrogens with one attached hydrogen (secondary N) is 1. The van der Waals surface area contributed by atoms with Crippen molar-refractivity contribution < 1.29 is 13.2 Å². The number of carbonyl (C=O) groups is 1. The van der Waals surface area contributed by atoms with Gasteiger partial charge in [-0.15, -0.1) is 11.3 Å². The molecule has 0 saturated heterocycles. The molecule has 3 aromatic rings. The van der Waals surface area contributed by atoms with Crippen molar-refractivity contribution in [2.45, 2.75) is 18.8 Å². The van der Waals surface area contributed by atoms with Crippen LogP contribution in [-0.2, 0) is 33.5 Å². The molecule has 1 aromatic carbocycles. The molecule has 0 saturated carbocycles. The van der Waals surface area contributed by atoms with Crippen LogP contribution >= 0.6 is 27.3 Å². The quantitative estimate of drug-likeness (QED) is 0.637. The van der Waals surface area contributed by atoms with Gasteiger partial charge in [0.2, 0.25) is 5.91 Å². The summed E-state index contributed by atoms with van der Waals surface area (Å²) in [5.74, 6) is -0.0209. The number of amides is 1. The lowest BCUT2D eigenvalue weighted by molar-refractivity contribution is -0.121. The van der Waals surface area contributed by atoms with Gasteiger partial charge in [-0.1, -0.05) is 12.1 Å². The third-order valence-electron chi connectivity index (χ3n) is 3.52. The van der Waals surface area contributed by atoms with Gasteiger partial charge in [0.25, 0.3) is 0 Å². The number of fused-ring (bicyclic) bond motifs is 1. The molecule has 2 aromatic heterocycles. The first-order valence-electron chi connectivity index (χ1n) is 7.44. The van der Waals surface area contributed by atoms with Crippen molar-refractivity contribution in [3.8, 4) is 0 Å². The Morgan fingerprint density at radius 2 is 2.04 bits per heavy atom. The fourth-order valence-corrected chi connectivity index (χ4v) is 4.59. The van der Waals surface area contributed by atoms with E-state index in [9.17, 15) is 13.2 Å². The first kappa shape index (κ1) is 18.1. The zero-order valence-corrected chi connectivity index (χ0v) is 16.6. The van der Waals surface area contributed by atoms with Gasteiger partial charge in [0.05, 0.1) is 21.4 Å². The second kappa shape index (κ2) is 7.27. The van der Waals surface area contributed by atoms with Crippen LogP contribution in [0.4, 0.5) is 0 Å². The van der Waals surface area contributed by atoms with Crippen molar-refractivity contribution >= 4 is 54.0 Å². The number of para-hydroxylation sites is 2. The molecule has 0 aliphatic carbocycles. The maximum atomic E-state index is 12.3. The van der Waals surface area contributed by atoms with Crippen LogP contribution in [0.25, 0.3) is 11.0 Å². The van der Waals surface area contributed by atoms with Crippen molar-refractivity contribution in [3.05, 3.63) is 50.9 Å². The van der Waals surface area contributed by atoms with Gasteiger partial charge in [0, 0.05) is 11.1 Å². The summed E-state index contributed by atoms with van der Waals surface area (Å²) in [7, 11) is -3.25. The number of sulfone groups is 1. The minimum absolute atomic E-state index is 0.0257. The van der Waals surface area contributed by atoms with E-state index in [0.717, 1.165) is 20.4 Å². The number of rotatable bonds is 6. The summed E-state index contributed by atoms with van der Waals surface area (Å²) in [5.41, 5.74) is 1.42. The largest absolute Gasteiger partial charge is 0.350 e. The summed E-state index contributed by atoms with van der Waals surface area (Å²) in [4.78, 5) is 17.7. The van der Waals surface area contributed by atoms with E-state index in [0.29, 0.717) is 17.9 Å². The first-order chi connectivity index (χ1) is 11.8. The van der Waals surface area contributed by atoms with Gasteiger partial charge in [-0.3, -0.25) is 4.79 Å². The molecule has 1 N–H and O–H groups in total. The number of thiophene rings is 1. The molecular formula is C16H16BrN3O3S2. The molecule has 25 heavy (non-hydrogen) atoms. The Labute approximate surface area is 157 Å². The SMILES string of the molecule is CS(=O)(=O)Cc1nc2ccccc2n1CC(=O)NCc1ccc(Br)s1. The van der Waals surface area contributed by atoms with Crippen LogP contribution < -0.4 is 5.32 Å². The van der Waals surface area contributed by atoms with E-state index in [1.165, 1.54) is 0 Å². The number of benzene rings is 1. The number of imidazole rings is 1. The second-order valence-electron chi connectivity index (χ2n) is 5.66. The van der Waals surface area contributed by atoms with Gasteiger partial charge in [0.1, 0.15) is 18.1 Å². The zero-order valence-electron chi connectivity index (χ0n) is 13.4. The fraction of sp³-hybridized carbons (Fsp3) is 0.250. The second-order valence-corrected chi connectivity index (χ2v) is 10.3. The molecule has 0 aliphatic heterocycles. The van der Waals surface area contributed by atoms with Gasteiger partial charge < -0.3 is 9.88 Å². The Balaban J connectivity index is 1.81. The molecule has 132 valence electrons. The number of hydrogen-bond acceptors (Lipinski definition) is 5. The normalized spacial score (nSPS) is 11.8. The maximum Gasteiger partial charge on any atom is 0.240 e. The molecule has 0 fully saturated rings. The average Bonchev–Trinajstić information content (AvgIpc) is 3.08. The lowest BCUT2D eigenvalue weighted by Crippen LogP contribution is -2.27. The van der Waals surface area contributed by atoms with E-state index >= 15 is 0 Å². The number of halogens is 1. The number of nitrogens with zero attached hydrogens (tertiary/aromatic N) is 2. The standard InChI is InChI=1S/C16H16BrN3O3S2/c1-25(22,23)10-15-19-12-4-2-3-5-13(12)20(15)9-16(21)18-8-11-6-7-14(17)24-11/h2-7H,8-10H2,1H3,(H,18,21). The third kappa shape index (κ3) is 4.68. The molecule has 0 aliphatic rings. The van der Waals surface area contributed by atoms with E-state index < -0.39 is 9.84 Å². The van der Waals surface area contributed by atoms with Crippen LogP contribution in [0.15, 0.2) is 40.2 Å². The summed E-state index contributed by atoms with van der Waals surface area (Å²) < 4.78 is 26.0. The Bertz CT molecular complexity index is 1020. The summed E-state index contributed by atoms with van der Waals surface area (Å²) in [5, 5.41) is 2.86.